The minimum atomic E-state index is -4.77. The molecule has 0 saturated heterocycles. The third-order valence-electron chi connectivity index (χ3n) is 4.28. The summed E-state index contributed by atoms with van der Waals surface area (Å²) in [5.41, 5.74) is 5.79. The molecule has 0 atom stereocenters. The van der Waals surface area contributed by atoms with Crippen molar-refractivity contribution in [1.29, 1.82) is 0 Å². The van der Waals surface area contributed by atoms with Gasteiger partial charge in [0.25, 0.3) is 10.0 Å². The maximum Gasteiger partial charge on any atom is 0.435 e. The predicted molar refractivity (Wildman–Crippen MR) is 111 cm³/mol. The van der Waals surface area contributed by atoms with Crippen LogP contribution in [0.2, 0.25) is 0 Å². The third kappa shape index (κ3) is 5.56. The largest absolute Gasteiger partial charge is 0.435 e. The van der Waals surface area contributed by atoms with Crippen LogP contribution in [0.25, 0.3) is 0 Å². The first kappa shape index (κ1) is 23.1. The van der Waals surface area contributed by atoms with E-state index in [0.29, 0.717) is 32.9 Å². The molecule has 0 amide bonds. The highest BCUT2D eigenvalue weighted by atomic mass is 32.2. The number of nitrogens with two attached hydrogens (primary N) is 1. The Morgan fingerprint density at radius 2 is 1.81 bits per heavy atom. The Bertz CT molecular complexity index is 1160. The molecular weight excluding hydrogens is 451 g/mol. The molecule has 166 valence electrons. The number of nitrogens with zero attached hydrogens (tertiary/aromatic N) is 4. The number of alkyl halides is 3. The highest BCUT2D eigenvalue weighted by molar-refractivity contribution is 7.99. The number of aryl methyl sites for hydroxylation is 3. The highest BCUT2D eigenvalue weighted by Crippen LogP contribution is 2.32. The molecule has 0 spiro atoms. The first-order chi connectivity index (χ1) is 14.5. The summed E-state index contributed by atoms with van der Waals surface area (Å²) < 4.78 is 66.2. The van der Waals surface area contributed by atoms with E-state index in [1.807, 2.05) is 0 Å². The van der Waals surface area contributed by atoms with Gasteiger partial charge >= 0.3 is 6.18 Å². The molecule has 0 unspecified atom stereocenters. The Balaban J connectivity index is 1.78. The third-order valence-corrected chi connectivity index (χ3v) is 6.76. The Hall–Kier alpha value is -2.60. The summed E-state index contributed by atoms with van der Waals surface area (Å²) in [7, 11) is -4.23. The molecule has 2 aromatic heterocycles. The molecule has 2 N–H and O–H groups in total. The van der Waals surface area contributed by atoms with Gasteiger partial charge in [-0.15, -0.1) is 0 Å². The zero-order valence-corrected chi connectivity index (χ0v) is 18.4. The molecule has 0 radical (unpaired) electrons. The summed E-state index contributed by atoms with van der Waals surface area (Å²) in [6.07, 6.45) is -3.51. The van der Waals surface area contributed by atoms with Gasteiger partial charge < -0.3 is 5.73 Å². The SMILES string of the molecule is Cc1ccc(S(=O)(=O)n2cc(CCCSc3nc(C)cc(N)n3)c(C(F)(F)F)n2)cc1. The molecule has 0 bridgehead atoms. The number of hydrogen-bond donors (Lipinski definition) is 1. The molecule has 0 saturated carbocycles. The van der Waals surface area contributed by atoms with E-state index in [0.717, 1.165) is 11.8 Å². The average molecular weight is 472 g/mol. The summed E-state index contributed by atoms with van der Waals surface area (Å²) >= 11 is 1.26. The van der Waals surface area contributed by atoms with Gasteiger partial charge in [0.2, 0.25) is 0 Å². The van der Waals surface area contributed by atoms with E-state index < -0.39 is 21.9 Å². The van der Waals surface area contributed by atoms with Crippen molar-refractivity contribution in [2.45, 2.75) is 42.9 Å². The van der Waals surface area contributed by atoms with E-state index in [2.05, 4.69) is 15.1 Å². The minimum Gasteiger partial charge on any atom is -0.384 e. The molecular formula is C19H20F3N5O2S2. The highest BCUT2D eigenvalue weighted by Gasteiger charge is 2.38. The van der Waals surface area contributed by atoms with Crippen LogP contribution in [0, 0.1) is 13.8 Å². The van der Waals surface area contributed by atoms with Crippen molar-refractivity contribution in [1.82, 2.24) is 19.2 Å². The predicted octanol–water partition coefficient (Wildman–Crippen LogP) is 3.85. The van der Waals surface area contributed by atoms with Crippen molar-refractivity contribution >= 4 is 27.6 Å². The lowest BCUT2D eigenvalue weighted by Gasteiger charge is -2.06. The number of anilines is 1. The van der Waals surface area contributed by atoms with Gasteiger partial charge in [0.1, 0.15) is 5.82 Å². The average Bonchev–Trinajstić information content (AvgIpc) is 3.10. The van der Waals surface area contributed by atoms with Crippen molar-refractivity contribution < 1.29 is 21.6 Å². The van der Waals surface area contributed by atoms with Crippen molar-refractivity contribution in [3.8, 4) is 0 Å². The summed E-state index contributed by atoms with van der Waals surface area (Å²) in [5, 5.41) is 3.80. The molecule has 3 rings (SSSR count). The lowest BCUT2D eigenvalue weighted by atomic mass is 10.1. The fraction of sp³-hybridized carbons (Fsp3) is 0.316. The Morgan fingerprint density at radius 1 is 1.13 bits per heavy atom. The summed E-state index contributed by atoms with van der Waals surface area (Å²) in [4.78, 5) is 8.14. The van der Waals surface area contributed by atoms with Gasteiger partial charge in [-0.3, -0.25) is 0 Å². The van der Waals surface area contributed by atoms with Crippen molar-refractivity contribution in [2.24, 2.45) is 0 Å². The van der Waals surface area contributed by atoms with Crippen molar-refractivity contribution in [3.63, 3.8) is 0 Å². The van der Waals surface area contributed by atoms with Crippen LogP contribution >= 0.6 is 11.8 Å². The van der Waals surface area contributed by atoms with Crippen LogP contribution in [-0.2, 0) is 22.6 Å². The number of thioether (sulfide) groups is 1. The Morgan fingerprint density at radius 3 is 2.42 bits per heavy atom. The topological polar surface area (TPSA) is 104 Å². The molecule has 31 heavy (non-hydrogen) atoms. The molecule has 2 heterocycles. The van der Waals surface area contributed by atoms with Crippen molar-refractivity contribution in [3.05, 3.63) is 59.0 Å². The maximum absolute atomic E-state index is 13.5. The molecule has 0 aliphatic heterocycles. The Labute approximate surface area is 182 Å². The normalized spacial score (nSPS) is 12.3. The van der Waals surface area contributed by atoms with E-state index in [4.69, 9.17) is 5.73 Å². The van der Waals surface area contributed by atoms with E-state index >= 15 is 0 Å². The van der Waals surface area contributed by atoms with Gasteiger partial charge in [-0.05, 0) is 38.8 Å². The van der Waals surface area contributed by atoms with Gasteiger partial charge in [-0.25, -0.2) is 9.97 Å². The van der Waals surface area contributed by atoms with Crippen LogP contribution in [0.5, 0.6) is 0 Å². The van der Waals surface area contributed by atoms with Crippen LogP contribution in [0.4, 0.5) is 19.0 Å². The summed E-state index contributed by atoms with van der Waals surface area (Å²) in [6.45, 7) is 3.54. The van der Waals surface area contributed by atoms with Gasteiger partial charge in [-0.2, -0.15) is 30.8 Å². The molecule has 0 fully saturated rings. The lowest BCUT2D eigenvalue weighted by Crippen LogP contribution is -2.15. The van der Waals surface area contributed by atoms with Gasteiger partial charge in [0.05, 0.1) is 4.90 Å². The second-order valence-electron chi connectivity index (χ2n) is 6.86. The van der Waals surface area contributed by atoms with Crippen LogP contribution in [-0.4, -0.2) is 33.3 Å². The molecule has 1 aromatic carbocycles. The van der Waals surface area contributed by atoms with E-state index in [1.54, 1.807) is 32.0 Å². The van der Waals surface area contributed by atoms with Crippen molar-refractivity contribution in [2.75, 3.05) is 11.5 Å². The fourth-order valence-corrected chi connectivity index (χ4v) is 4.81. The molecule has 12 heteroatoms. The number of rotatable bonds is 7. The van der Waals surface area contributed by atoms with Crippen LogP contribution < -0.4 is 5.73 Å². The number of aromatic nitrogens is 4. The van der Waals surface area contributed by atoms with Crippen LogP contribution in [0.3, 0.4) is 0 Å². The first-order valence-electron chi connectivity index (χ1n) is 9.19. The molecule has 7 nitrogen and oxygen atoms in total. The lowest BCUT2D eigenvalue weighted by molar-refractivity contribution is -0.141. The Kier molecular flexibility index (Phi) is 6.60. The van der Waals surface area contributed by atoms with E-state index in [9.17, 15) is 21.6 Å². The van der Waals surface area contributed by atoms with Crippen LogP contribution in [0.15, 0.2) is 46.6 Å². The molecule has 3 aromatic rings. The number of halogens is 3. The molecule has 0 aliphatic carbocycles. The molecule has 0 aliphatic rings. The van der Waals surface area contributed by atoms with Gasteiger partial charge in [0.15, 0.2) is 10.9 Å². The maximum atomic E-state index is 13.5. The summed E-state index contributed by atoms with van der Waals surface area (Å²) in [5.74, 6) is 0.743. The number of benzene rings is 1. The number of hydrogen-bond acceptors (Lipinski definition) is 7. The zero-order chi connectivity index (χ0) is 22.8. The quantitative estimate of drug-likeness (QED) is 0.317. The second-order valence-corrected chi connectivity index (χ2v) is 9.72. The monoisotopic (exact) mass is 471 g/mol. The summed E-state index contributed by atoms with van der Waals surface area (Å²) in [6, 6.07) is 7.42. The zero-order valence-electron chi connectivity index (χ0n) is 16.7. The van der Waals surface area contributed by atoms with Gasteiger partial charge in [0, 0.05) is 29.3 Å². The van der Waals surface area contributed by atoms with Gasteiger partial charge in [-0.1, -0.05) is 29.5 Å². The first-order valence-corrected chi connectivity index (χ1v) is 11.6. The minimum absolute atomic E-state index is 0.00738. The van der Waals surface area contributed by atoms with E-state index in [1.165, 1.54) is 23.9 Å². The fourth-order valence-electron chi connectivity index (χ4n) is 2.80. The smallest absolute Gasteiger partial charge is 0.384 e. The number of nitrogen functional groups attached to an aromatic ring is 1. The van der Waals surface area contributed by atoms with E-state index in [-0.39, 0.29) is 16.9 Å². The standard InChI is InChI=1S/C19H20F3N5O2S2/c1-12-5-7-15(8-6-12)31(28,29)27-11-14(17(26-27)19(20,21)22)4-3-9-30-18-24-13(2)10-16(23)25-18/h5-8,10-11H,3-4,9H2,1-2H3,(H2,23,24,25). The van der Waals surface area contributed by atoms with Crippen LogP contribution in [0.1, 0.15) is 28.9 Å². The second kappa shape index (κ2) is 8.87.